The van der Waals surface area contributed by atoms with E-state index < -0.39 is 0 Å². The molecule has 2 aromatic rings. The minimum Gasteiger partial charge on any atom is -0.205 e. The SMILES string of the molecule is C=CCc1ccc[n+](CCCC[n+]2cccc(CC=C)c2)c1. The third kappa shape index (κ3) is 5.28. The van der Waals surface area contributed by atoms with Crippen molar-refractivity contribution in [3.05, 3.63) is 85.5 Å². The van der Waals surface area contributed by atoms with Crippen LogP contribution in [-0.2, 0) is 25.9 Å². The molecule has 0 N–H and O–H groups in total. The lowest BCUT2D eigenvalue weighted by molar-refractivity contribution is -0.708. The molecule has 114 valence electrons. The van der Waals surface area contributed by atoms with Crippen LogP contribution >= 0.6 is 0 Å². The smallest absolute Gasteiger partial charge is 0.172 e. The van der Waals surface area contributed by atoms with Gasteiger partial charge in [-0.05, 0) is 25.0 Å². The highest BCUT2D eigenvalue weighted by Crippen LogP contribution is 1.99. The number of nitrogens with zero attached hydrogens (tertiary/aromatic N) is 2. The molecule has 2 heteroatoms. The van der Waals surface area contributed by atoms with E-state index in [2.05, 4.69) is 71.3 Å². The monoisotopic (exact) mass is 294 g/mol. The summed E-state index contributed by atoms with van der Waals surface area (Å²) >= 11 is 0. The molecule has 0 aliphatic heterocycles. The molecular formula is C20H26N2+2. The molecule has 0 unspecified atom stereocenters. The Morgan fingerprint density at radius 1 is 0.773 bits per heavy atom. The van der Waals surface area contributed by atoms with E-state index in [1.165, 1.54) is 24.0 Å². The fourth-order valence-electron chi connectivity index (χ4n) is 2.59. The van der Waals surface area contributed by atoms with Crippen molar-refractivity contribution in [2.45, 2.75) is 38.8 Å². The predicted octanol–water partition coefficient (Wildman–Crippen LogP) is 3.20. The van der Waals surface area contributed by atoms with E-state index in [-0.39, 0.29) is 0 Å². The molecule has 2 rings (SSSR count). The molecule has 0 aliphatic rings. The molecule has 0 saturated carbocycles. The van der Waals surface area contributed by atoms with Gasteiger partial charge in [-0.3, -0.25) is 0 Å². The average Bonchev–Trinajstić information content (AvgIpc) is 2.53. The van der Waals surface area contributed by atoms with Crippen molar-refractivity contribution in [2.24, 2.45) is 0 Å². The molecule has 0 radical (unpaired) electrons. The average molecular weight is 294 g/mol. The fourth-order valence-corrected chi connectivity index (χ4v) is 2.59. The maximum atomic E-state index is 3.80. The zero-order chi connectivity index (χ0) is 15.6. The fraction of sp³-hybridized carbons (Fsp3) is 0.300. The van der Waals surface area contributed by atoms with Gasteiger partial charge in [0, 0.05) is 36.1 Å². The van der Waals surface area contributed by atoms with E-state index in [1.807, 2.05) is 12.2 Å². The molecule has 0 saturated heterocycles. The largest absolute Gasteiger partial charge is 0.205 e. The number of allylic oxidation sites excluding steroid dienone is 2. The second kappa shape index (κ2) is 8.93. The molecule has 0 spiro atoms. The highest BCUT2D eigenvalue weighted by atomic mass is 14.9. The van der Waals surface area contributed by atoms with Crippen molar-refractivity contribution in [2.75, 3.05) is 0 Å². The minimum atomic E-state index is 0.937. The number of pyridine rings is 2. The van der Waals surface area contributed by atoms with Crippen LogP contribution in [0.2, 0.25) is 0 Å². The van der Waals surface area contributed by atoms with E-state index in [0.717, 1.165) is 25.9 Å². The predicted molar refractivity (Wildman–Crippen MR) is 90.3 cm³/mol. The van der Waals surface area contributed by atoms with Crippen molar-refractivity contribution >= 4 is 0 Å². The number of hydrogen-bond donors (Lipinski definition) is 0. The first-order chi connectivity index (χ1) is 10.8. The van der Waals surface area contributed by atoms with Crippen LogP contribution in [-0.4, -0.2) is 0 Å². The Morgan fingerprint density at radius 2 is 1.23 bits per heavy atom. The maximum Gasteiger partial charge on any atom is 0.172 e. The summed E-state index contributed by atoms with van der Waals surface area (Å²) in [6.45, 7) is 9.73. The minimum absolute atomic E-state index is 0.937. The van der Waals surface area contributed by atoms with Crippen LogP contribution in [0, 0.1) is 0 Å². The Labute approximate surface area is 134 Å². The summed E-state index contributed by atoms with van der Waals surface area (Å²) in [5.74, 6) is 0. The van der Waals surface area contributed by atoms with Crippen molar-refractivity contribution < 1.29 is 9.13 Å². The Balaban J connectivity index is 1.79. The van der Waals surface area contributed by atoms with Crippen LogP contribution in [0.25, 0.3) is 0 Å². The normalized spacial score (nSPS) is 10.4. The lowest BCUT2D eigenvalue weighted by Crippen LogP contribution is -2.36. The Morgan fingerprint density at radius 3 is 1.64 bits per heavy atom. The molecule has 0 aliphatic carbocycles. The van der Waals surface area contributed by atoms with Gasteiger partial charge in [0.15, 0.2) is 24.8 Å². The Kier molecular flexibility index (Phi) is 6.56. The lowest BCUT2D eigenvalue weighted by atomic mass is 10.2. The van der Waals surface area contributed by atoms with E-state index >= 15 is 0 Å². The van der Waals surface area contributed by atoms with Gasteiger partial charge < -0.3 is 0 Å². The summed E-state index contributed by atoms with van der Waals surface area (Å²) in [6, 6.07) is 8.54. The van der Waals surface area contributed by atoms with E-state index in [1.54, 1.807) is 0 Å². The third-order valence-electron chi connectivity index (χ3n) is 3.68. The van der Waals surface area contributed by atoms with Gasteiger partial charge in [-0.1, -0.05) is 12.2 Å². The number of rotatable bonds is 9. The van der Waals surface area contributed by atoms with E-state index in [0.29, 0.717) is 0 Å². The van der Waals surface area contributed by atoms with Crippen LogP contribution in [0.15, 0.2) is 74.4 Å². The first-order valence-electron chi connectivity index (χ1n) is 7.99. The number of aryl methyl sites for hydroxylation is 2. The van der Waals surface area contributed by atoms with Gasteiger partial charge in [0.25, 0.3) is 0 Å². The summed E-state index contributed by atoms with van der Waals surface area (Å²) in [6.07, 6.45) is 16.9. The molecule has 2 nitrogen and oxygen atoms in total. The maximum absolute atomic E-state index is 3.80. The van der Waals surface area contributed by atoms with Gasteiger partial charge in [0.05, 0.1) is 0 Å². The molecular weight excluding hydrogens is 268 g/mol. The van der Waals surface area contributed by atoms with Crippen molar-refractivity contribution in [1.82, 2.24) is 0 Å². The van der Waals surface area contributed by atoms with Crippen molar-refractivity contribution in [3.63, 3.8) is 0 Å². The van der Waals surface area contributed by atoms with Crippen molar-refractivity contribution in [1.29, 1.82) is 0 Å². The Bertz CT molecular complexity index is 561. The van der Waals surface area contributed by atoms with Gasteiger partial charge in [-0.2, -0.15) is 0 Å². The molecule has 22 heavy (non-hydrogen) atoms. The summed E-state index contributed by atoms with van der Waals surface area (Å²) in [7, 11) is 0. The molecule has 0 amide bonds. The topological polar surface area (TPSA) is 7.76 Å². The van der Waals surface area contributed by atoms with Gasteiger partial charge in [0.1, 0.15) is 13.1 Å². The molecule has 0 fully saturated rings. The standard InChI is InChI=1S/C20H26N2/c1-3-9-19-11-7-15-21(17-19)13-5-6-14-22-16-8-12-20(18-22)10-4-2/h3-4,7-8,11-12,15-18H,1-2,5-6,9-10,13-14H2/q+2. The van der Waals surface area contributed by atoms with Gasteiger partial charge in [0.2, 0.25) is 0 Å². The first-order valence-corrected chi connectivity index (χ1v) is 7.99. The summed E-state index contributed by atoms with van der Waals surface area (Å²) in [5, 5.41) is 0. The highest BCUT2D eigenvalue weighted by molar-refractivity contribution is 5.09. The zero-order valence-electron chi connectivity index (χ0n) is 13.3. The van der Waals surface area contributed by atoms with Crippen LogP contribution in [0.4, 0.5) is 0 Å². The van der Waals surface area contributed by atoms with Gasteiger partial charge in [-0.25, -0.2) is 9.13 Å². The summed E-state index contributed by atoms with van der Waals surface area (Å²) < 4.78 is 4.55. The Hall–Kier alpha value is -2.22. The van der Waals surface area contributed by atoms with E-state index in [9.17, 15) is 0 Å². The molecule has 2 aromatic heterocycles. The number of unbranched alkanes of at least 4 members (excludes halogenated alkanes) is 1. The second-order valence-electron chi connectivity index (χ2n) is 5.59. The van der Waals surface area contributed by atoms with Gasteiger partial charge in [-0.15, -0.1) is 13.2 Å². The second-order valence-corrected chi connectivity index (χ2v) is 5.59. The molecule has 0 aromatic carbocycles. The molecule has 2 heterocycles. The van der Waals surface area contributed by atoms with Crippen LogP contribution in [0.1, 0.15) is 24.0 Å². The zero-order valence-corrected chi connectivity index (χ0v) is 13.3. The summed E-state index contributed by atoms with van der Waals surface area (Å²) in [4.78, 5) is 0. The summed E-state index contributed by atoms with van der Waals surface area (Å²) in [5.41, 5.74) is 2.65. The van der Waals surface area contributed by atoms with Gasteiger partial charge >= 0.3 is 0 Å². The highest BCUT2D eigenvalue weighted by Gasteiger charge is 2.05. The van der Waals surface area contributed by atoms with Crippen LogP contribution in [0.5, 0.6) is 0 Å². The first kappa shape index (κ1) is 16.2. The number of hydrogen-bond acceptors (Lipinski definition) is 0. The van der Waals surface area contributed by atoms with Crippen LogP contribution < -0.4 is 9.13 Å². The van der Waals surface area contributed by atoms with Crippen LogP contribution in [0.3, 0.4) is 0 Å². The number of aromatic nitrogens is 2. The molecule has 0 atom stereocenters. The third-order valence-corrected chi connectivity index (χ3v) is 3.68. The molecule has 0 bridgehead atoms. The van der Waals surface area contributed by atoms with Crippen molar-refractivity contribution in [3.8, 4) is 0 Å². The van der Waals surface area contributed by atoms with E-state index in [4.69, 9.17) is 0 Å². The lowest BCUT2D eigenvalue weighted by Gasteiger charge is -2.00. The quantitative estimate of drug-likeness (QED) is 0.381.